The molecule has 1 unspecified atom stereocenters. The highest BCUT2D eigenvalue weighted by atomic mass is 16.5. The molecule has 1 aliphatic carbocycles. The van der Waals surface area contributed by atoms with Gasteiger partial charge in [-0.3, -0.25) is 4.79 Å². The lowest BCUT2D eigenvalue weighted by Crippen LogP contribution is -2.24. The molecule has 3 heteroatoms. The molecule has 2 N–H and O–H groups in total. The molecule has 1 fully saturated rings. The number of hydrogen-bond acceptors (Lipinski definition) is 3. The SMILES string of the molecule is NC(CC(=O)OC1CCCCC1)c1ccccc1. The van der Waals surface area contributed by atoms with E-state index in [0.717, 1.165) is 18.4 Å². The van der Waals surface area contributed by atoms with Crippen molar-refractivity contribution in [3.63, 3.8) is 0 Å². The number of carbonyl (C=O) groups excluding carboxylic acids is 1. The van der Waals surface area contributed by atoms with Crippen LogP contribution in [0.5, 0.6) is 0 Å². The Hall–Kier alpha value is -1.35. The van der Waals surface area contributed by atoms with Crippen LogP contribution in [0.2, 0.25) is 0 Å². The van der Waals surface area contributed by atoms with Crippen LogP contribution in [-0.2, 0) is 9.53 Å². The molecule has 1 saturated carbocycles. The van der Waals surface area contributed by atoms with E-state index in [9.17, 15) is 4.79 Å². The Kier molecular flexibility index (Phi) is 4.76. The summed E-state index contributed by atoms with van der Waals surface area (Å²) in [7, 11) is 0. The second-order valence-corrected chi connectivity index (χ2v) is 4.97. The molecule has 0 aliphatic heterocycles. The summed E-state index contributed by atoms with van der Waals surface area (Å²) in [6.07, 6.45) is 6.00. The fourth-order valence-electron chi connectivity index (χ4n) is 2.41. The van der Waals surface area contributed by atoms with Crippen molar-refractivity contribution >= 4 is 5.97 Å². The molecule has 1 aromatic rings. The summed E-state index contributed by atoms with van der Waals surface area (Å²) >= 11 is 0. The Labute approximate surface area is 108 Å². The number of ether oxygens (including phenoxy) is 1. The molecule has 1 aromatic carbocycles. The molecule has 0 spiro atoms. The van der Waals surface area contributed by atoms with Crippen molar-refractivity contribution in [3.05, 3.63) is 35.9 Å². The zero-order valence-corrected chi connectivity index (χ0v) is 10.7. The summed E-state index contributed by atoms with van der Waals surface area (Å²) in [5.41, 5.74) is 6.98. The van der Waals surface area contributed by atoms with Crippen LogP contribution in [0.4, 0.5) is 0 Å². The van der Waals surface area contributed by atoms with Gasteiger partial charge in [0.1, 0.15) is 6.10 Å². The second kappa shape index (κ2) is 6.55. The maximum Gasteiger partial charge on any atom is 0.307 e. The van der Waals surface area contributed by atoms with Gasteiger partial charge in [0.05, 0.1) is 6.42 Å². The van der Waals surface area contributed by atoms with Crippen LogP contribution in [0.25, 0.3) is 0 Å². The van der Waals surface area contributed by atoms with Gasteiger partial charge in [0.15, 0.2) is 0 Å². The largest absolute Gasteiger partial charge is 0.462 e. The van der Waals surface area contributed by atoms with Gasteiger partial charge in [-0.05, 0) is 31.2 Å². The van der Waals surface area contributed by atoms with Crippen LogP contribution in [0.1, 0.15) is 50.1 Å². The zero-order valence-electron chi connectivity index (χ0n) is 10.7. The van der Waals surface area contributed by atoms with Gasteiger partial charge < -0.3 is 10.5 Å². The van der Waals surface area contributed by atoms with Crippen LogP contribution in [-0.4, -0.2) is 12.1 Å². The molecule has 3 nitrogen and oxygen atoms in total. The molecule has 0 radical (unpaired) electrons. The smallest absolute Gasteiger partial charge is 0.307 e. The van der Waals surface area contributed by atoms with Crippen LogP contribution >= 0.6 is 0 Å². The molecule has 0 saturated heterocycles. The maximum absolute atomic E-state index is 11.8. The topological polar surface area (TPSA) is 52.3 Å². The van der Waals surface area contributed by atoms with Gasteiger partial charge in [0.2, 0.25) is 0 Å². The highest BCUT2D eigenvalue weighted by molar-refractivity contribution is 5.70. The van der Waals surface area contributed by atoms with E-state index in [-0.39, 0.29) is 24.5 Å². The molecular weight excluding hydrogens is 226 g/mol. The normalized spacial score (nSPS) is 18.3. The van der Waals surface area contributed by atoms with Crippen molar-refractivity contribution in [1.82, 2.24) is 0 Å². The average molecular weight is 247 g/mol. The van der Waals surface area contributed by atoms with Crippen LogP contribution < -0.4 is 5.73 Å². The Balaban J connectivity index is 1.80. The van der Waals surface area contributed by atoms with E-state index < -0.39 is 0 Å². The van der Waals surface area contributed by atoms with E-state index in [4.69, 9.17) is 10.5 Å². The van der Waals surface area contributed by atoms with Crippen molar-refractivity contribution < 1.29 is 9.53 Å². The lowest BCUT2D eigenvalue weighted by atomic mass is 9.97. The van der Waals surface area contributed by atoms with E-state index >= 15 is 0 Å². The predicted octanol–water partition coefficient (Wildman–Crippen LogP) is 2.95. The number of hydrogen-bond donors (Lipinski definition) is 1. The average Bonchev–Trinajstić information content (AvgIpc) is 2.40. The summed E-state index contributed by atoms with van der Waals surface area (Å²) < 4.78 is 5.46. The zero-order chi connectivity index (χ0) is 12.8. The van der Waals surface area contributed by atoms with Gasteiger partial charge in [0.25, 0.3) is 0 Å². The van der Waals surface area contributed by atoms with Gasteiger partial charge in [-0.15, -0.1) is 0 Å². The Morgan fingerprint density at radius 1 is 1.22 bits per heavy atom. The lowest BCUT2D eigenvalue weighted by Gasteiger charge is -2.22. The molecule has 0 heterocycles. The molecule has 0 bridgehead atoms. The third-order valence-electron chi connectivity index (χ3n) is 3.46. The van der Waals surface area contributed by atoms with Gasteiger partial charge in [-0.25, -0.2) is 0 Å². The van der Waals surface area contributed by atoms with Crippen molar-refractivity contribution in [1.29, 1.82) is 0 Å². The molecule has 18 heavy (non-hydrogen) atoms. The van der Waals surface area contributed by atoms with Gasteiger partial charge >= 0.3 is 5.97 Å². The van der Waals surface area contributed by atoms with Crippen molar-refractivity contribution in [2.45, 2.75) is 50.7 Å². The lowest BCUT2D eigenvalue weighted by molar-refractivity contribution is -0.150. The number of esters is 1. The highest BCUT2D eigenvalue weighted by Gasteiger charge is 2.19. The quantitative estimate of drug-likeness (QED) is 0.832. The number of rotatable bonds is 4. The first kappa shape index (κ1) is 13.1. The summed E-state index contributed by atoms with van der Waals surface area (Å²) in [6.45, 7) is 0. The van der Waals surface area contributed by atoms with Crippen LogP contribution in [0, 0.1) is 0 Å². The summed E-state index contributed by atoms with van der Waals surface area (Å²) in [4.78, 5) is 11.8. The minimum absolute atomic E-state index is 0.120. The molecule has 2 rings (SSSR count). The fraction of sp³-hybridized carbons (Fsp3) is 0.533. The fourth-order valence-corrected chi connectivity index (χ4v) is 2.41. The first-order valence-corrected chi connectivity index (χ1v) is 6.75. The number of benzene rings is 1. The van der Waals surface area contributed by atoms with Gasteiger partial charge in [-0.1, -0.05) is 36.8 Å². The minimum Gasteiger partial charge on any atom is -0.462 e. The summed E-state index contributed by atoms with van der Waals surface area (Å²) in [6, 6.07) is 9.43. The highest BCUT2D eigenvalue weighted by Crippen LogP contribution is 2.22. The molecule has 1 atom stereocenters. The van der Waals surface area contributed by atoms with E-state index in [1.807, 2.05) is 30.3 Å². The van der Waals surface area contributed by atoms with Crippen molar-refractivity contribution in [2.24, 2.45) is 5.73 Å². The monoisotopic (exact) mass is 247 g/mol. The molecule has 0 amide bonds. The first-order valence-electron chi connectivity index (χ1n) is 6.75. The van der Waals surface area contributed by atoms with E-state index in [0.29, 0.717) is 0 Å². The molecule has 0 aromatic heterocycles. The van der Waals surface area contributed by atoms with Crippen molar-refractivity contribution in [3.8, 4) is 0 Å². The first-order chi connectivity index (χ1) is 8.75. The third-order valence-corrected chi connectivity index (χ3v) is 3.46. The van der Waals surface area contributed by atoms with E-state index in [1.165, 1.54) is 19.3 Å². The minimum atomic E-state index is -0.262. The van der Waals surface area contributed by atoms with E-state index in [2.05, 4.69) is 0 Å². The molecular formula is C15H21NO2. The molecule has 98 valence electrons. The Morgan fingerprint density at radius 3 is 2.56 bits per heavy atom. The maximum atomic E-state index is 11.8. The summed E-state index contributed by atoms with van der Waals surface area (Å²) in [5, 5.41) is 0. The standard InChI is InChI=1S/C15H21NO2/c16-14(12-7-3-1-4-8-12)11-15(17)18-13-9-5-2-6-10-13/h1,3-4,7-8,13-14H,2,5-6,9-11,16H2. The van der Waals surface area contributed by atoms with E-state index in [1.54, 1.807) is 0 Å². The summed E-state index contributed by atoms with van der Waals surface area (Å²) in [5.74, 6) is -0.168. The predicted molar refractivity (Wildman–Crippen MR) is 71.0 cm³/mol. The van der Waals surface area contributed by atoms with Crippen molar-refractivity contribution in [2.75, 3.05) is 0 Å². The van der Waals surface area contributed by atoms with Gasteiger partial charge in [-0.2, -0.15) is 0 Å². The number of carbonyl (C=O) groups is 1. The Bertz CT molecular complexity index is 371. The van der Waals surface area contributed by atoms with Gasteiger partial charge in [0, 0.05) is 6.04 Å². The molecule has 1 aliphatic rings. The van der Waals surface area contributed by atoms with Crippen LogP contribution in [0.15, 0.2) is 30.3 Å². The number of nitrogens with two attached hydrogens (primary N) is 1. The van der Waals surface area contributed by atoms with Crippen LogP contribution in [0.3, 0.4) is 0 Å². The third kappa shape index (κ3) is 3.84. The second-order valence-electron chi connectivity index (χ2n) is 4.97. The Morgan fingerprint density at radius 2 is 1.89 bits per heavy atom.